The van der Waals surface area contributed by atoms with E-state index in [0.717, 1.165) is 10.0 Å². The second-order valence-corrected chi connectivity index (χ2v) is 7.15. The molecule has 0 atom stereocenters. The molecular formula is C16H15BrN4O4S. The predicted molar refractivity (Wildman–Crippen MR) is 103 cm³/mol. The van der Waals surface area contributed by atoms with Crippen LogP contribution >= 0.6 is 27.3 Å². The van der Waals surface area contributed by atoms with Crippen LogP contribution in [0.3, 0.4) is 0 Å². The maximum Gasteiger partial charge on any atom is 0.314 e. The van der Waals surface area contributed by atoms with Crippen molar-refractivity contribution in [2.24, 2.45) is 0 Å². The summed E-state index contributed by atoms with van der Waals surface area (Å²) < 4.78 is 5.67. The molecule has 3 aromatic rings. The van der Waals surface area contributed by atoms with E-state index in [0.29, 0.717) is 35.0 Å². The van der Waals surface area contributed by atoms with Gasteiger partial charge in [-0.15, -0.1) is 11.3 Å². The van der Waals surface area contributed by atoms with E-state index in [1.165, 1.54) is 11.3 Å². The fraction of sp³-hybridized carbons (Fsp3) is 0.250. The summed E-state index contributed by atoms with van der Waals surface area (Å²) >= 11 is 4.76. The molecule has 0 saturated heterocycles. The Kier molecular flexibility index (Phi) is 5.52. The average Bonchev–Trinajstić information content (AvgIpc) is 3.02. The molecule has 3 N–H and O–H groups in total. The number of esters is 1. The molecule has 0 radical (unpaired) electrons. The van der Waals surface area contributed by atoms with Crippen molar-refractivity contribution < 1.29 is 9.53 Å². The van der Waals surface area contributed by atoms with Crippen molar-refractivity contribution in [2.45, 2.75) is 19.9 Å². The van der Waals surface area contributed by atoms with Crippen LogP contribution in [0.5, 0.6) is 0 Å². The van der Waals surface area contributed by atoms with Crippen LogP contribution in [0.15, 0.2) is 31.6 Å². The quantitative estimate of drug-likeness (QED) is 0.400. The van der Waals surface area contributed by atoms with Crippen molar-refractivity contribution in [1.29, 1.82) is 0 Å². The van der Waals surface area contributed by atoms with Crippen molar-refractivity contribution in [2.75, 3.05) is 11.9 Å². The monoisotopic (exact) mass is 438 g/mol. The van der Waals surface area contributed by atoms with Crippen molar-refractivity contribution in [3.8, 4) is 0 Å². The molecule has 26 heavy (non-hydrogen) atoms. The first-order chi connectivity index (χ1) is 12.5. The number of nitrogens with one attached hydrogen (secondary N) is 3. The van der Waals surface area contributed by atoms with Gasteiger partial charge in [0.15, 0.2) is 5.13 Å². The van der Waals surface area contributed by atoms with E-state index in [1.54, 1.807) is 18.4 Å². The molecular weight excluding hydrogens is 424 g/mol. The van der Waals surface area contributed by atoms with E-state index in [1.807, 2.05) is 6.07 Å². The fourth-order valence-electron chi connectivity index (χ4n) is 2.40. The summed E-state index contributed by atoms with van der Waals surface area (Å²) in [4.78, 5) is 44.1. The lowest BCUT2D eigenvalue weighted by atomic mass is 10.2. The number of anilines is 1. The molecule has 0 bridgehead atoms. The van der Waals surface area contributed by atoms with Crippen LogP contribution in [0.2, 0.25) is 0 Å². The minimum absolute atomic E-state index is 0.125. The molecule has 0 aliphatic carbocycles. The third-order valence-electron chi connectivity index (χ3n) is 3.49. The van der Waals surface area contributed by atoms with Gasteiger partial charge in [-0.2, -0.15) is 0 Å². The molecule has 0 saturated carbocycles. The van der Waals surface area contributed by atoms with Crippen LogP contribution in [0.1, 0.15) is 18.2 Å². The van der Waals surface area contributed by atoms with E-state index in [9.17, 15) is 14.4 Å². The Bertz CT molecular complexity index is 1070. The summed E-state index contributed by atoms with van der Waals surface area (Å²) in [6.07, 6.45) is 0.125. The highest BCUT2D eigenvalue weighted by Crippen LogP contribution is 2.22. The smallest absolute Gasteiger partial charge is 0.314 e. The summed E-state index contributed by atoms with van der Waals surface area (Å²) in [5.41, 5.74) is 1.10. The molecule has 0 aliphatic rings. The predicted octanol–water partition coefficient (Wildman–Crippen LogP) is 2.15. The number of halogens is 1. The van der Waals surface area contributed by atoms with E-state index >= 15 is 0 Å². The number of carbonyl (C=O) groups excluding carboxylic acids is 1. The highest BCUT2D eigenvalue weighted by atomic mass is 79.9. The van der Waals surface area contributed by atoms with Gasteiger partial charge in [-0.1, -0.05) is 15.9 Å². The van der Waals surface area contributed by atoms with Crippen molar-refractivity contribution in [1.82, 2.24) is 15.0 Å². The molecule has 1 aromatic carbocycles. The molecule has 136 valence electrons. The van der Waals surface area contributed by atoms with Crippen LogP contribution in [-0.4, -0.2) is 27.5 Å². The highest BCUT2D eigenvalue weighted by molar-refractivity contribution is 9.10. The lowest BCUT2D eigenvalue weighted by Crippen LogP contribution is -2.29. The molecule has 0 spiro atoms. The van der Waals surface area contributed by atoms with Gasteiger partial charge in [0.25, 0.3) is 0 Å². The van der Waals surface area contributed by atoms with E-state index < -0.39 is 11.1 Å². The number of nitrogens with zero attached hydrogens (tertiary/aromatic N) is 1. The lowest BCUT2D eigenvalue weighted by molar-refractivity contribution is -0.142. The molecule has 8 nitrogen and oxygen atoms in total. The Hall–Kier alpha value is -2.46. The molecule has 2 heterocycles. The fourth-order valence-corrected chi connectivity index (χ4v) is 3.61. The van der Waals surface area contributed by atoms with Crippen molar-refractivity contribution >= 4 is 49.4 Å². The maximum atomic E-state index is 11.6. The first kappa shape index (κ1) is 18.3. The molecule has 0 aliphatic heterocycles. The Balaban J connectivity index is 1.79. The second-order valence-electron chi connectivity index (χ2n) is 5.38. The summed E-state index contributed by atoms with van der Waals surface area (Å²) in [6, 6.07) is 3.56. The van der Waals surface area contributed by atoms with Crippen LogP contribution in [0.4, 0.5) is 5.13 Å². The minimum atomic E-state index is -0.702. The van der Waals surface area contributed by atoms with Crippen LogP contribution in [0, 0.1) is 0 Å². The number of thiazole rings is 1. The lowest BCUT2D eigenvalue weighted by Gasteiger charge is -2.08. The highest BCUT2D eigenvalue weighted by Gasteiger charge is 2.10. The van der Waals surface area contributed by atoms with Gasteiger partial charge >= 0.3 is 17.1 Å². The van der Waals surface area contributed by atoms with Crippen LogP contribution < -0.4 is 16.4 Å². The Morgan fingerprint density at radius 1 is 1.31 bits per heavy atom. The number of ether oxygens (including phenoxy) is 1. The minimum Gasteiger partial charge on any atom is -0.466 e. The largest absolute Gasteiger partial charge is 0.466 e. The molecule has 3 rings (SSSR count). The van der Waals surface area contributed by atoms with Gasteiger partial charge < -0.3 is 20.0 Å². The maximum absolute atomic E-state index is 11.6. The molecule has 0 unspecified atom stereocenters. The third kappa shape index (κ3) is 4.20. The zero-order chi connectivity index (χ0) is 18.7. The number of carbonyl (C=O) groups is 1. The molecule has 0 amide bonds. The number of rotatable bonds is 6. The number of hydrogen-bond acceptors (Lipinski definition) is 7. The van der Waals surface area contributed by atoms with E-state index in [4.69, 9.17) is 4.74 Å². The zero-order valence-corrected chi connectivity index (χ0v) is 16.1. The first-order valence-electron chi connectivity index (χ1n) is 7.75. The third-order valence-corrected chi connectivity index (χ3v) is 4.80. The number of aromatic amines is 2. The topological polar surface area (TPSA) is 117 Å². The summed E-state index contributed by atoms with van der Waals surface area (Å²) in [7, 11) is 0. The van der Waals surface area contributed by atoms with Gasteiger partial charge in [-0.3, -0.25) is 14.4 Å². The summed E-state index contributed by atoms with van der Waals surface area (Å²) in [6.45, 7) is 2.47. The SMILES string of the molecule is CCOC(=O)Cc1csc(NCc2cc(Br)cc3[nH]c(=O)c(=O)[nH]c23)n1. The number of fused-ring (bicyclic) bond motifs is 1. The van der Waals surface area contributed by atoms with E-state index in [2.05, 4.69) is 36.2 Å². The van der Waals surface area contributed by atoms with Crippen molar-refractivity contribution in [3.63, 3.8) is 0 Å². The Labute approximate surface area is 159 Å². The average molecular weight is 439 g/mol. The van der Waals surface area contributed by atoms with E-state index in [-0.39, 0.29) is 12.4 Å². The van der Waals surface area contributed by atoms with Gasteiger partial charge in [0.2, 0.25) is 0 Å². The Morgan fingerprint density at radius 2 is 2.08 bits per heavy atom. The molecule has 2 aromatic heterocycles. The summed E-state index contributed by atoms with van der Waals surface area (Å²) in [5.74, 6) is -0.316. The number of benzene rings is 1. The summed E-state index contributed by atoms with van der Waals surface area (Å²) in [5, 5.41) is 5.59. The molecule has 0 fully saturated rings. The Morgan fingerprint density at radius 3 is 2.85 bits per heavy atom. The van der Waals surface area contributed by atoms with Crippen molar-refractivity contribution in [3.05, 3.63) is 54.0 Å². The van der Waals surface area contributed by atoms with Crippen LogP contribution in [-0.2, 0) is 22.5 Å². The van der Waals surface area contributed by atoms with Gasteiger partial charge in [-0.05, 0) is 24.6 Å². The van der Waals surface area contributed by atoms with Gasteiger partial charge in [0, 0.05) is 16.4 Å². The van der Waals surface area contributed by atoms with Gasteiger partial charge in [-0.25, -0.2) is 4.98 Å². The van der Waals surface area contributed by atoms with Gasteiger partial charge in [0.05, 0.1) is 29.8 Å². The number of H-pyrrole nitrogens is 2. The second kappa shape index (κ2) is 7.83. The normalized spacial score (nSPS) is 10.8. The van der Waals surface area contributed by atoms with Gasteiger partial charge in [0.1, 0.15) is 0 Å². The number of hydrogen-bond donors (Lipinski definition) is 3. The standard InChI is InChI=1S/C16H15BrN4O4S/c1-2-25-12(22)5-10-7-26-16(19-10)18-6-8-3-9(17)4-11-13(8)21-15(24)14(23)20-11/h3-4,7H,2,5-6H2,1H3,(H,18,19)(H,20,23)(H,21,24). The first-order valence-corrected chi connectivity index (χ1v) is 9.42. The molecule has 10 heteroatoms. The zero-order valence-electron chi connectivity index (χ0n) is 13.7. The number of aromatic nitrogens is 3. The van der Waals surface area contributed by atoms with Crippen LogP contribution in [0.25, 0.3) is 11.0 Å².